The maximum Gasteiger partial charge on any atom is 0.413 e. The van der Waals surface area contributed by atoms with Crippen molar-refractivity contribution in [3.05, 3.63) is 51.6 Å². The topological polar surface area (TPSA) is 142 Å². The zero-order valence-corrected chi connectivity index (χ0v) is 25.4. The lowest BCUT2D eigenvalue weighted by molar-refractivity contribution is -0.118. The van der Waals surface area contributed by atoms with Crippen LogP contribution in [0.2, 0.25) is 5.02 Å². The number of carbonyl (C=O) groups is 3. The lowest BCUT2D eigenvalue weighted by Gasteiger charge is -2.20. The quantitative estimate of drug-likeness (QED) is 0.298. The van der Waals surface area contributed by atoms with Crippen molar-refractivity contribution in [2.75, 3.05) is 5.32 Å². The smallest absolute Gasteiger partial charge is 0.413 e. The zero-order chi connectivity index (χ0) is 30.9. The number of nitrogens with two attached hydrogens (primary N) is 1. The monoisotopic (exact) mass is 589 g/mol. The van der Waals surface area contributed by atoms with Gasteiger partial charge < -0.3 is 15.0 Å². The van der Waals surface area contributed by atoms with E-state index in [0.29, 0.717) is 12.2 Å². The zero-order valence-electron chi connectivity index (χ0n) is 24.6. The number of primary amides is 1. The van der Waals surface area contributed by atoms with E-state index < -0.39 is 23.4 Å². The minimum atomic E-state index is -0.911. The van der Waals surface area contributed by atoms with E-state index in [4.69, 9.17) is 26.6 Å². The summed E-state index contributed by atoms with van der Waals surface area (Å²) in [5, 5.41) is 10.6. The molecule has 2 amide bonds. The fourth-order valence-electron chi connectivity index (χ4n) is 4.19. The van der Waals surface area contributed by atoms with Crippen molar-refractivity contribution in [3.63, 3.8) is 0 Å². The predicted octanol–water partition coefficient (Wildman–Crippen LogP) is 6.30. The number of anilines is 1. The maximum atomic E-state index is 15.5. The van der Waals surface area contributed by atoms with Gasteiger partial charge in [-0.1, -0.05) is 49.7 Å². The molecule has 0 spiro atoms. The van der Waals surface area contributed by atoms with Crippen molar-refractivity contribution in [3.8, 4) is 11.3 Å². The molecule has 0 radical (unpaired) electrons. The number of carbonyl (C=O) groups excluding carboxylic acids is 3. The van der Waals surface area contributed by atoms with Crippen LogP contribution in [0.3, 0.4) is 0 Å². The third-order valence-corrected chi connectivity index (χ3v) is 6.13. The molecular weight excluding hydrogens is 553 g/mol. The largest absolute Gasteiger partial charge is 0.444 e. The Kier molecular flexibility index (Phi) is 9.32. The van der Waals surface area contributed by atoms with Crippen LogP contribution in [0.4, 0.5) is 15.0 Å². The van der Waals surface area contributed by atoms with Gasteiger partial charge in [-0.2, -0.15) is 5.10 Å². The Hall–Kier alpha value is -3.73. The summed E-state index contributed by atoms with van der Waals surface area (Å²) in [5.74, 6) is -1.65. The van der Waals surface area contributed by atoms with Gasteiger partial charge in [0.25, 0.3) is 5.91 Å². The first kappa shape index (κ1) is 31.8. The Balaban J connectivity index is 1.91. The first-order valence-electron chi connectivity index (χ1n) is 13.2. The van der Waals surface area contributed by atoms with E-state index in [1.165, 1.54) is 16.8 Å². The van der Waals surface area contributed by atoms with Crippen molar-refractivity contribution >= 4 is 35.2 Å². The normalized spacial score (nSPS) is 12.1. The van der Waals surface area contributed by atoms with Gasteiger partial charge in [-0.3, -0.25) is 14.9 Å². The summed E-state index contributed by atoms with van der Waals surface area (Å²) in [6, 6.07) is 4.27. The summed E-state index contributed by atoms with van der Waals surface area (Å²) >= 11 is 6.42. The SMILES string of the molecule is CC(C)n1nc(-c2ccc(CC(=O)Cc3cc(CC(C)(C)C)no3)c(F)c2Cl)c(C(N)=O)c1NC(=O)OC(C)(C)C. The Labute approximate surface area is 243 Å². The van der Waals surface area contributed by atoms with Gasteiger partial charge in [0.2, 0.25) is 0 Å². The van der Waals surface area contributed by atoms with Crippen molar-refractivity contribution in [2.24, 2.45) is 11.1 Å². The van der Waals surface area contributed by atoms with Gasteiger partial charge in [0.05, 0.1) is 17.1 Å². The van der Waals surface area contributed by atoms with Gasteiger partial charge in [-0.05, 0) is 52.0 Å². The Morgan fingerprint density at radius 1 is 1.15 bits per heavy atom. The number of rotatable bonds is 9. The summed E-state index contributed by atoms with van der Waals surface area (Å²) in [7, 11) is 0. The van der Waals surface area contributed by atoms with Crippen LogP contribution >= 0.6 is 11.6 Å². The highest BCUT2D eigenvalue weighted by molar-refractivity contribution is 6.33. The molecule has 0 bridgehead atoms. The third kappa shape index (κ3) is 8.16. The second kappa shape index (κ2) is 12.0. The lowest BCUT2D eigenvalue weighted by Crippen LogP contribution is -2.29. The molecule has 2 aromatic heterocycles. The van der Waals surface area contributed by atoms with Crippen LogP contribution in [0.1, 0.15) is 88.8 Å². The van der Waals surface area contributed by atoms with Crippen LogP contribution in [0.5, 0.6) is 0 Å². The number of halogens is 2. The number of hydrogen-bond acceptors (Lipinski definition) is 7. The van der Waals surface area contributed by atoms with Gasteiger partial charge in [-0.25, -0.2) is 13.9 Å². The molecule has 10 nitrogen and oxygen atoms in total. The average molecular weight is 590 g/mol. The van der Waals surface area contributed by atoms with E-state index in [-0.39, 0.29) is 63.3 Å². The van der Waals surface area contributed by atoms with Crippen LogP contribution in [-0.4, -0.2) is 38.3 Å². The number of nitrogens with zero attached hydrogens (tertiary/aromatic N) is 3. The highest BCUT2D eigenvalue weighted by Crippen LogP contribution is 2.37. The number of amides is 2. The van der Waals surface area contributed by atoms with Gasteiger partial charge in [0.15, 0.2) is 0 Å². The van der Waals surface area contributed by atoms with Crippen molar-refractivity contribution in [2.45, 2.75) is 86.3 Å². The van der Waals surface area contributed by atoms with Crippen LogP contribution in [-0.2, 0) is 28.8 Å². The van der Waals surface area contributed by atoms with Crippen LogP contribution in [0, 0.1) is 11.2 Å². The van der Waals surface area contributed by atoms with Gasteiger partial charge >= 0.3 is 6.09 Å². The number of hydrogen-bond donors (Lipinski definition) is 2. The van der Waals surface area contributed by atoms with Crippen molar-refractivity contribution < 1.29 is 28.0 Å². The van der Waals surface area contributed by atoms with E-state index in [0.717, 1.165) is 5.69 Å². The molecule has 3 rings (SSSR count). The van der Waals surface area contributed by atoms with Crippen LogP contribution < -0.4 is 11.1 Å². The summed E-state index contributed by atoms with van der Waals surface area (Å²) in [6.07, 6.45) is -0.432. The second-order valence-electron chi connectivity index (χ2n) is 12.4. The van der Waals surface area contributed by atoms with E-state index in [1.54, 1.807) is 40.7 Å². The number of ketones is 1. The summed E-state index contributed by atoms with van der Waals surface area (Å²) in [6.45, 7) is 14.8. The summed E-state index contributed by atoms with van der Waals surface area (Å²) < 4.78 is 27.4. The fourth-order valence-corrected chi connectivity index (χ4v) is 4.47. The van der Waals surface area contributed by atoms with Crippen LogP contribution in [0.15, 0.2) is 22.7 Å². The van der Waals surface area contributed by atoms with E-state index in [1.807, 2.05) is 0 Å². The molecule has 0 aliphatic carbocycles. The number of nitrogens with one attached hydrogen (secondary N) is 1. The minimum Gasteiger partial charge on any atom is -0.444 e. The first-order chi connectivity index (χ1) is 18.9. The molecule has 222 valence electrons. The van der Waals surface area contributed by atoms with Gasteiger partial charge in [0.1, 0.15) is 40.0 Å². The highest BCUT2D eigenvalue weighted by atomic mass is 35.5. The fraction of sp³-hybridized carbons (Fsp3) is 0.483. The summed E-state index contributed by atoms with van der Waals surface area (Å²) in [4.78, 5) is 37.8. The summed E-state index contributed by atoms with van der Waals surface area (Å²) in [5.41, 5.74) is 5.58. The third-order valence-electron chi connectivity index (χ3n) is 5.76. The van der Waals surface area contributed by atoms with Gasteiger partial charge in [-0.15, -0.1) is 0 Å². The second-order valence-corrected chi connectivity index (χ2v) is 12.8. The molecule has 0 saturated carbocycles. The van der Waals surface area contributed by atoms with E-state index in [2.05, 4.69) is 36.3 Å². The first-order valence-corrected chi connectivity index (χ1v) is 13.6. The molecule has 12 heteroatoms. The lowest BCUT2D eigenvalue weighted by atomic mass is 9.90. The molecule has 1 aromatic carbocycles. The molecule has 41 heavy (non-hydrogen) atoms. The van der Waals surface area contributed by atoms with Gasteiger partial charge in [0, 0.05) is 24.1 Å². The molecule has 0 atom stereocenters. The number of Topliss-reactive ketones (excluding diaryl/α,β-unsaturated/α-hetero) is 1. The molecule has 2 heterocycles. The molecule has 0 unspecified atom stereocenters. The van der Waals surface area contributed by atoms with Crippen molar-refractivity contribution in [1.82, 2.24) is 14.9 Å². The molecule has 0 aliphatic heterocycles. The van der Waals surface area contributed by atoms with Crippen molar-refractivity contribution in [1.29, 1.82) is 0 Å². The number of ether oxygens (including phenoxy) is 1. The number of benzene rings is 1. The Morgan fingerprint density at radius 2 is 1.80 bits per heavy atom. The molecule has 3 N–H and O–H groups in total. The Bertz CT molecular complexity index is 1460. The molecule has 0 aliphatic rings. The van der Waals surface area contributed by atoms with Crippen LogP contribution in [0.25, 0.3) is 11.3 Å². The molecule has 3 aromatic rings. The molecular formula is C29H37ClFN5O5. The minimum absolute atomic E-state index is 0.00567. The predicted molar refractivity (Wildman–Crippen MR) is 153 cm³/mol. The standard InChI is InChI=1S/C29H37ClFN5O5/c1-15(2)36-26(33-27(39)40-29(6,7)8)21(25(32)38)24(34-36)20-10-9-16(23(31)22(20)30)11-18(37)13-19-12-17(35-41-19)14-28(3,4)5/h9-10,12,15H,11,13-14H2,1-8H3,(H2,32,38)(H,33,39). The highest BCUT2D eigenvalue weighted by Gasteiger charge is 2.29. The Morgan fingerprint density at radius 3 is 2.37 bits per heavy atom. The maximum absolute atomic E-state index is 15.5. The molecule has 0 fully saturated rings. The van der Waals surface area contributed by atoms with E-state index >= 15 is 4.39 Å². The van der Waals surface area contributed by atoms with E-state index in [9.17, 15) is 14.4 Å². The molecule has 0 saturated heterocycles. The number of aromatic nitrogens is 3. The average Bonchev–Trinajstić information content (AvgIpc) is 3.38.